The number of halogens is 2. The summed E-state index contributed by atoms with van der Waals surface area (Å²) in [7, 11) is 0. The van der Waals surface area contributed by atoms with Crippen LogP contribution in [0, 0.1) is 11.6 Å². The first-order chi connectivity index (χ1) is 9.04. The second-order valence-corrected chi connectivity index (χ2v) is 4.14. The zero-order valence-electron chi connectivity index (χ0n) is 9.61. The average molecular weight is 261 g/mol. The maximum Gasteiger partial charge on any atom is 0.149 e. The van der Waals surface area contributed by atoms with E-state index in [1.165, 1.54) is 18.2 Å². The molecule has 1 aromatic heterocycles. The number of phenolic OH excluding ortho intramolecular Hbond substituents is 1. The smallest absolute Gasteiger partial charge is 0.149 e. The van der Waals surface area contributed by atoms with Gasteiger partial charge in [-0.05, 0) is 18.2 Å². The molecular formula is C13H9F2N3O. The van der Waals surface area contributed by atoms with E-state index in [0.717, 1.165) is 6.07 Å². The summed E-state index contributed by atoms with van der Waals surface area (Å²) in [6.45, 7) is 0. The number of hydrogen-bond donors (Lipinski definition) is 3. The predicted molar refractivity (Wildman–Crippen MR) is 67.5 cm³/mol. The van der Waals surface area contributed by atoms with E-state index in [1.54, 1.807) is 6.07 Å². The van der Waals surface area contributed by atoms with Gasteiger partial charge in [-0.15, -0.1) is 0 Å². The summed E-state index contributed by atoms with van der Waals surface area (Å²) in [5.74, 6) is -1.27. The third-order valence-corrected chi connectivity index (χ3v) is 2.81. The highest BCUT2D eigenvalue weighted by atomic mass is 19.1. The van der Waals surface area contributed by atoms with Gasteiger partial charge in [-0.1, -0.05) is 0 Å². The largest absolute Gasteiger partial charge is 0.508 e. The van der Waals surface area contributed by atoms with Gasteiger partial charge >= 0.3 is 0 Å². The molecule has 2 aromatic carbocycles. The monoisotopic (exact) mass is 261 g/mol. The molecule has 0 saturated heterocycles. The van der Waals surface area contributed by atoms with Gasteiger partial charge in [0.15, 0.2) is 0 Å². The topological polar surface area (TPSA) is 74.9 Å². The van der Waals surface area contributed by atoms with Crippen molar-refractivity contribution in [3.63, 3.8) is 0 Å². The number of aromatic amines is 1. The summed E-state index contributed by atoms with van der Waals surface area (Å²) < 4.78 is 26.8. The van der Waals surface area contributed by atoms with Crippen molar-refractivity contribution in [2.75, 3.05) is 5.73 Å². The van der Waals surface area contributed by atoms with E-state index in [-0.39, 0.29) is 22.8 Å². The summed E-state index contributed by atoms with van der Waals surface area (Å²) in [6.07, 6.45) is 0. The quantitative estimate of drug-likeness (QED) is 0.589. The number of imidazole rings is 1. The SMILES string of the molecule is Nc1cc(-c2nc3ccc(O)cc3[nH]2)c(F)cc1F. The fourth-order valence-electron chi connectivity index (χ4n) is 1.87. The molecule has 0 amide bonds. The highest BCUT2D eigenvalue weighted by Gasteiger charge is 2.13. The van der Waals surface area contributed by atoms with Crippen molar-refractivity contribution < 1.29 is 13.9 Å². The molecule has 0 aliphatic carbocycles. The van der Waals surface area contributed by atoms with E-state index in [0.29, 0.717) is 11.0 Å². The average Bonchev–Trinajstić information content (AvgIpc) is 2.76. The zero-order chi connectivity index (χ0) is 13.6. The van der Waals surface area contributed by atoms with Crippen molar-refractivity contribution in [2.24, 2.45) is 0 Å². The molecule has 3 rings (SSSR count). The summed E-state index contributed by atoms with van der Waals surface area (Å²) in [5, 5.41) is 9.35. The molecule has 1 heterocycles. The van der Waals surface area contributed by atoms with Gasteiger partial charge in [-0.25, -0.2) is 13.8 Å². The van der Waals surface area contributed by atoms with E-state index in [1.807, 2.05) is 0 Å². The standard InChI is InChI=1S/C13H9F2N3O/c14-8-5-9(15)10(16)4-7(8)13-17-11-2-1-6(19)3-12(11)18-13/h1-5,19H,16H2,(H,17,18). The van der Waals surface area contributed by atoms with Crippen LogP contribution in [0.3, 0.4) is 0 Å². The van der Waals surface area contributed by atoms with Crippen molar-refractivity contribution >= 4 is 16.7 Å². The van der Waals surface area contributed by atoms with Crippen LogP contribution in [0.4, 0.5) is 14.5 Å². The Kier molecular flexibility index (Phi) is 2.38. The Morgan fingerprint density at radius 2 is 1.89 bits per heavy atom. The fourth-order valence-corrected chi connectivity index (χ4v) is 1.87. The number of H-pyrrole nitrogens is 1. The van der Waals surface area contributed by atoms with Crippen LogP contribution < -0.4 is 5.73 Å². The van der Waals surface area contributed by atoms with Crippen LogP contribution in [-0.4, -0.2) is 15.1 Å². The Labute approximate surface area is 106 Å². The first-order valence-corrected chi connectivity index (χ1v) is 5.48. The molecule has 0 radical (unpaired) electrons. The molecule has 6 heteroatoms. The van der Waals surface area contributed by atoms with Crippen molar-refractivity contribution in [2.45, 2.75) is 0 Å². The Morgan fingerprint density at radius 1 is 1.11 bits per heavy atom. The maximum atomic E-state index is 13.7. The molecule has 19 heavy (non-hydrogen) atoms. The van der Waals surface area contributed by atoms with Gasteiger partial charge in [0.25, 0.3) is 0 Å². The molecule has 0 saturated carbocycles. The minimum absolute atomic E-state index is 0.0711. The number of fused-ring (bicyclic) bond motifs is 1. The zero-order valence-corrected chi connectivity index (χ0v) is 9.61. The molecule has 0 aliphatic rings. The number of nitrogens with zero attached hydrogens (tertiary/aromatic N) is 1. The van der Waals surface area contributed by atoms with Gasteiger partial charge in [0.2, 0.25) is 0 Å². The van der Waals surface area contributed by atoms with E-state index in [4.69, 9.17) is 5.73 Å². The van der Waals surface area contributed by atoms with Gasteiger partial charge in [0.05, 0.1) is 22.3 Å². The lowest BCUT2D eigenvalue weighted by Gasteiger charge is -2.02. The molecular weight excluding hydrogens is 252 g/mol. The highest BCUT2D eigenvalue weighted by Crippen LogP contribution is 2.27. The predicted octanol–water partition coefficient (Wildman–Crippen LogP) is 2.80. The van der Waals surface area contributed by atoms with Crippen molar-refractivity contribution in [1.82, 2.24) is 9.97 Å². The Hall–Kier alpha value is -2.63. The van der Waals surface area contributed by atoms with Crippen molar-refractivity contribution in [1.29, 1.82) is 0 Å². The Bertz CT molecular complexity index is 783. The first kappa shape index (κ1) is 11.5. The van der Waals surface area contributed by atoms with E-state index in [2.05, 4.69) is 9.97 Å². The molecule has 0 unspecified atom stereocenters. The van der Waals surface area contributed by atoms with Gasteiger partial charge in [0, 0.05) is 12.1 Å². The molecule has 0 aliphatic heterocycles. The number of phenols is 1. The third kappa shape index (κ3) is 1.87. The van der Waals surface area contributed by atoms with Crippen LogP contribution in [-0.2, 0) is 0 Å². The second-order valence-electron chi connectivity index (χ2n) is 4.14. The summed E-state index contributed by atoms with van der Waals surface area (Å²) in [6, 6.07) is 6.44. The molecule has 0 spiro atoms. The van der Waals surface area contributed by atoms with E-state index >= 15 is 0 Å². The minimum atomic E-state index is -0.810. The van der Waals surface area contributed by atoms with Crippen LogP contribution in [0.1, 0.15) is 0 Å². The molecule has 0 bridgehead atoms. The normalized spacial score (nSPS) is 11.1. The fraction of sp³-hybridized carbons (Fsp3) is 0. The number of aromatic hydroxyl groups is 1. The molecule has 3 aromatic rings. The van der Waals surface area contributed by atoms with Gasteiger partial charge in [0.1, 0.15) is 23.2 Å². The molecule has 4 nitrogen and oxygen atoms in total. The van der Waals surface area contributed by atoms with Crippen LogP contribution >= 0.6 is 0 Å². The number of hydrogen-bond acceptors (Lipinski definition) is 3. The lowest BCUT2D eigenvalue weighted by molar-refractivity contribution is 0.476. The Balaban J connectivity index is 2.21. The molecule has 0 fully saturated rings. The van der Waals surface area contributed by atoms with Crippen molar-refractivity contribution in [3.05, 3.63) is 42.0 Å². The molecule has 0 atom stereocenters. The molecule has 96 valence electrons. The number of rotatable bonds is 1. The molecule has 4 N–H and O–H groups in total. The second kappa shape index (κ2) is 3.94. The third-order valence-electron chi connectivity index (χ3n) is 2.81. The van der Waals surface area contributed by atoms with Gasteiger partial charge in [-0.3, -0.25) is 0 Å². The number of nitrogen functional groups attached to an aromatic ring is 1. The van der Waals surface area contributed by atoms with Crippen LogP contribution in [0.25, 0.3) is 22.4 Å². The lowest BCUT2D eigenvalue weighted by Crippen LogP contribution is -1.95. The van der Waals surface area contributed by atoms with Crippen LogP contribution in [0.5, 0.6) is 5.75 Å². The number of nitrogens with two attached hydrogens (primary N) is 1. The lowest BCUT2D eigenvalue weighted by atomic mass is 10.1. The number of benzene rings is 2. The number of anilines is 1. The Morgan fingerprint density at radius 3 is 2.68 bits per heavy atom. The minimum Gasteiger partial charge on any atom is -0.508 e. The van der Waals surface area contributed by atoms with Crippen LogP contribution in [0.15, 0.2) is 30.3 Å². The maximum absolute atomic E-state index is 13.7. The van der Waals surface area contributed by atoms with Gasteiger partial charge in [-0.2, -0.15) is 0 Å². The van der Waals surface area contributed by atoms with Gasteiger partial charge < -0.3 is 15.8 Å². The van der Waals surface area contributed by atoms with Crippen molar-refractivity contribution in [3.8, 4) is 17.1 Å². The van der Waals surface area contributed by atoms with Crippen LogP contribution in [0.2, 0.25) is 0 Å². The number of nitrogens with one attached hydrogen (secondary N) is 1. The summed E-state index contributed by atoms with van der Waals surface area (Å²) >= 11 is 0. The highest BCUT2D eigenvalue weighted by molar-refractivity contribution is 5.81. The van der Waals surface area contributed by atoms with E-state index in [9.17, 15) is 13.9 Å². The van der Waals surface area contributed by atoms with E-state index < -0.39 is 11.6 Å². The summed E-state index contributed by atoms with van der Waals surface area (Å²) in [4.78, 5) is 7.02. The summed E-state index contributed by atoms with van der Waals surface area (Å²) in [5.41, 5.74) is 6.47. The first-order valence-electron chi connectivity index (χ1n) is 5.48. The number of aromatic nitrogens is 2.